The standard InChI is InChI=1S/C36H42FN5O6S2/c1-35(16-17-35)50(46,47)41-33(45)36-20-24(36)12-8-3-2-4-9-13-28(38-21-23-10-6-5-7-11-23)32(44)42-22-26(19-29(42)31(43)40-36)48-34-39-27-15-14-25(37)18-30(27)49-34/h5-8,10-12,14-15,18,24,26,28-29,38H,2-4,9,13,16-17,19-22H2,1H3,(H,40,43)(H,41,45)/b12-8-/t24-,26+,28-,29-,36+/m0/s1. The fourth-order valence-corrected chi connectivity index (χ4v) is 9.13. The molecule has 2 aliphatic carbocycles. The molecule has 1 aromatic heterocycles. The van der Waals surface area contributed by atoms with E-state index in [0.717, 1.165) is 31.2 Å². The van der Waals surface area contributed by atoms with E-state index in [9.17, 15) is 27.2 Å². The molecule has 0 unspecified atom stereocenters. The van der Waals surface area contributed by atoms with Gasteiger partial charge in [0.2, 0.25) is 21.8 Å². The third-order valence-corrected chi connectivity index (χ3v) is 13.5. The van der Waals surface area contributed by atoms with E-state index in [1.807, 2.05) is 42.5 Å². The Morgan fingerprint density at radius 3 is 2.72 bits per heavy atom. The number of sulfonamides is 1. The van der Waals surface area contributed by atoms with Crippen molar-refractivity contribution in [1.29, 1.82) is 0 Å². The van der Waals surface area contributed by atoms with Crippen LogP contribution >= 0.6 is 11.3 Å². The number of carbonyl (C=O) groups is 3. The number of nitrogens with one attached hydrogen (secondary N) is 3. The molecule has 5 atom stereocenters. The van der Waals surface area contributed by atoms with Gasteiger partial charge in [-0.3, -0.25) is 19.1 Å². The Morgan fingerprint density at radius 1 is 1.14 bits per heavy atom. The first-order chi connectivity index (χ1) is 24.0. The van der Waals surface area contributed by atoms with E-state index < -0.39 is 50.3 Å². The first-order valence-corrected chi connectivity index (χ1v) is 19.6. The number of nitrogens with zero attached hydrogens (tertiary/aromatic N) is 2. The summed E-state index contributed by atoms with van der Waals surface area (Å²) < 4.78 is 48.1. The number of ether oxygens (including phenoxy) is 1. The normalized spacial score (nSPS) is 28.8. The van der Waals surface area contributed by atoms with Gasteiger partial charge in [0.15, 0.2) is 0 Å². The predicted molar refractivity (Wildman–Crippen MR) is 187 cm³/mol. The maximum atomic E-state index is 14.4. The van der Waals surface area contributed by atoms with Crippen molar-refractivity contribution >= 4 is 49.3 Å². The van der Waals surface area contributed by atoms with Crippen molar-refractivity contribution in [3.63, 3.8) is 0 Å². The van der Waals surface area contributed by atoms with E-state index >= 15 is 0 Å². The van der Waals surface area contributed by atoms with Gasteiger partial charge in [-0.1, -0.05) is 66.7 Å². The minimum Gasteiger partial charge on any atom is -0.465 e. The molecule has 3 aromatic rings. The van der Waals surface area contributed by atoms with E-state index in [1.54, 1.807) is 13.0 Å². The minimum absolute atomic E-state index is 0.0972. The summed E-state index contributed by atoms with van der Waals surface area (Å²) in [6, 6.07) is 12.5. The Morgan fingerprint density at radius 2 is 1.94 bits per heavy atom. The summed E-state index contributed by atoms with van der Waals surface area (Å²) >= 11 is 1.18. The number of amides is 3. The zero-order chi connectivity index (χ0) is 35.1. The number of benzene rings is 2. The van der Waals surface area contributed by atoms with Gasteiger partial charge in [-0.25, -0.2) is 17.8 Å². The lowest BCUT2D eigenvalue weighted by molar-refractivity contribution is -0.141. The highest BCUT2D eigenvalue weighted by molar-refractivity contribution is 7.91. The molecule has 50 heavy (non-hydrogen) atoms. The molecule has 0 spiro atoms. The Balaban J connectivity index is 1.17. The lowest BCUT2D eigenvalue weighted by atomic mass is 10.0. The van der Waals surface area contributed by atoms with Crippen molar-refractivity contribution in [2.75, 3.05) is 6.54 Å². The van der Waals surface area contributed by atoms with E-state index in [4.69, 9.17) is 4.74 Å². The first kappa shape index (κ1) is 34.6. The number of thiazole rings is 1. The van der Waals surface area contributed by atoms with Crippen LogP contribution in [0, 0.1) is 11.7 Å². The SMILES string of the molecule is CC1(S(=O)(=O)NC(=O)[C@@]23C[C@@H]2/C=C\CCCCC[C@H](NCc2ccccc2)C(=O)N2C[C@H](Oc4nc5ccc(F)cc5s4)C[C@H]2C(=O)N3)CC1. The van der Waals surface area contributed by atoms with Crippen LogP contribution in [-0.4, -0.2) is 71.0 Å². The van der Waals surface area contributed by atoms with Crippen LogP contribution in [0.4, 0.5) is 4.39 Å². The monoisotopic (exact) mass is 723 g/mol. The Kier molecular flexibility index (Phi) is 9.46. The van der Waals surface area contributed by atoms with Crippen molar-refractivity contribution in [2.24, 2.45) is 5.92 Å². The summed E-state index contributed by atoms with van der Waals surface area (Å²) in [5.74, 6) is -2.33. The quantitative estimate of drug-likeness (QED) is 0.291. The Labute approximate surface area is 295 Å². The highest BCUT2D eigenvalue weighted by Gasteiger charge is 2.63. The lowest BCUT2D eigenvalue weighted by Gasteiger charge is -2.30. The number of hydrogen-bond acceptors (Lipinski definition) is 9. The highest BCUT2D eigenvalue weighted by Crippen LogP contribution is 2.47. The Hall–Kier alpha value is -3.88. The number of carbonyl (C=O) groups excluding carboxylic acids is 3. The molecule has 3 N–H and O–H groups in total. The van der Waals surface area contributed by atoms with Gasteiger partial charge in [0.25, 0.3) is 11.1 Å². The van der Waals surface area contributed by atoms with E-state index in [2.05, 4.69) is 20.3 Å². The second-order valence-electron chi connectivity index (χ2n) is 14.2. The number of fused-ring (bicyclic) bond motifs is 3. The number of hydrogen-bond donors (Lipinski definition) is 3. The maximum Gasteiger partial charge on any atom is 0.274 e. The third-order valence-electron chi connectivity index (χ3n) is 10.5. The average Bonchev–Trinajstić information content (AvgIpc) is 3.90. The second kappa shape index (κ2) is 13.7. The summed E-state index contributed by atoms with van der Waals surface area (Å²) in [6.45, 7) is 2.16. The molecule has 4 aliphatic rings. The fourth-order valence-electron chi connectivity index (χ4n) is 6.91. The average molecular weight is 724 g/mol. The van der Waals surface area contributed by atoms with Crippen LogP contribution in [0.3, 0.4) is 0 Å². The molecule has 2 aliphatic heterocycles. The highest BCUT2D eigenvalue weighted by atomic mass is 32.2. The van der Waals surface area contributed by atoms with Crippen LogP contribution in [0.15, 0.2) is 60.7 Å². The third kappa shape index (κ3) is 7.15. The molecule has 7 rings (SSSR count). The first-order valence-electron chi connectivity index (χ1n) is 17.3. The van der Waals surface area contributed by atoms with Crippen LogP contribution in [0.1, 0.15) is 70.3 Å². The summed E-state index contributed by atoms with van der Waals surface area (Å²) in [5, 5.41) is 6.64. The summed E-state index contributed by atoms with van der Waals surface area (Å²) in [5.41, 5.74) is 0.143. The van der Waals surface area contributed by atoms with Crippen LogP contribution < -0.4 is 20.1 Å². The van der Waals surface area contributed by atoms with Gasteiger partial charge in [0, 0.05) is 18.9 Å². The molecule has 3 amide bonds. The van der Waals surface area contributed by atoms with Crippen LogP contribution in [0.25, 0.3) is 10.2 Å². The van der Waals surface area contributed by atoms with Gasteiger partial charge < -0.3 is 20.3 Å². The predicted octanol–water partition coefficient (Wildman–Crippen LogP) is 4.34. The molecule has 3 fully saturated rings. The molecule has 3 heterocycles. The van der Waals surface area contributed by atoms with Gasteiger partial charge in [-0.2, -0.15) is 0 Å². The second-order valence-corrected chi connectivity index (χ2v) is 17.4. The van der Waals surface area contributed by atoms with Gasteiger partial charge in [-0.15, -0.1) is 0 Å². The molecule has 0 radical (unpaired) electrons. The van der Waals surface area contributed by atoms with Crippen LogP contribution in [0.5, 0.6) is 5.19 Å². The van der Waals surface area contributed by atoms with Crippen LogP contribution in [-0.2, 0) is 31.0 Å². The van der Waals surface area contributed by atoms with E-state index in [-0.39, 0.29) is 37.0 Å². The number of rotatable bonds is 8. The molecule has 14 heteroatoms. The van der Waals surface area contributed by atoms with Crippen LogP contribution in [0.2, 0.25) is 0 Å². The van der Waals surface area contributed by atoms with E-state index in [1.165, 1.54) is 28.4 Å². The van der Waals surface area contributed by atoms with Crippen molar-refractivity contribution in [2.45, 2.75) is 99.7 Å². The van der Waals surface area contributed by atoms with Crippen molar-refractivity contribution in [1.82, 2.24) is 25.2 Å². The molecule has 2 saturated carbocycles. The number of allylic oxidation sites excluding steroid dienone is 1. The topological polar surface area (TPSA) is 147 Å². The zero-order valence-electron chi connectivity index (χ0n) is 27.9. The van der Waals surface area contributed by atoms with E-state index in [0.29, 0.717) is 41.2 Å². The molecule has 0 bridgehead atoms. The summed E-state index contributed by atoms with van der Waals surface area (Å²) in [7, 11) is -3.95. The summed E-state index contributed by atoms with van der Waals surface area (Å²) in [4.78, 5) is 48.4. The summed E-state index contributed by atoms with van der Waals surface area (Å²) in [6.07, 6.45) is 8.48. The Bertz CT molecular complexity index is 1920. The number of halogens is 1. The van der Waals surface area contributed by atoms with Crippen molar-refractivity contribution in [3.05, 3.63) is 72.1 Å². The number of aromatic nitrogens is 1. The van der Waals surface area contributed by atoms with Gasteiger partial charge in [0.05, 0.1) is 27.6 Å². The largest absolute Gasteiger partial charge is 0.465 e. The zero-order valence-corrected chi connectivity index (χ0v) is 29.5. The van der Waals surface area contributed by atoms with Gasteiger partial charge in [0.1, 0.15) is 23.5 Å². The van der Waals surface area contributed by atoms with Gasteiger partial charge in [-0.05, 0) is 69.2 Å². The fraction of sp³-hybridized carbons (Fsp3) is 0.500. The smallest absolute Gasteiger partial charge is 0.274 e. The lowest BCUT2D eigenvalue weighted by Crippen LogP contribution is -2.58. The molecule has 11 nitrogen and oxygen atoms in total. The van der Waals surface area contributed by atoms with Crippen molar-refractivity contribution < 1.29 is 31.9 Å². The van der Waals surface area contributed by atoms with Crippen molar-refractivity contribution in [3.8, 4) is 5.19 Å². The molecule has 2 aromatic carbocycles. The minimum atomic E-state index is -3.95. The van der Waals surface area contributed by atoms with Gasteiger partial charge >= 0.3 is 0 Å². The molecular weight excluding hydrogens is 682 g/mol. The maximum absolute atomic E-state index is 14.4. The molecule has 266 valence electrons. The molecule has 1 saturated heterocycles. The molecular formula is C36H42FN5O6S2.